The highest BCUT2D eigenvalue weighted by molar-refractivity contribution is 9.10. The van der Waals surface area contributed by atoms with E-state index in [9.17, 15) is 4.79 Å². The first kappa shape index (κ1) is 15.3. The minimum atomic E-state index is -0.0469. The monoisotopic (exact) mass is 380 g/mol. The second-order valence-electron chi connectivity index (χ2n) is 5.08. The van der Waals surface area contributed by atoms with E-state index >= 15 is 0 Å². The van der Waals surface area contributed by atoms with Crippen LogP contribution in [0.3, 0.4) is 0 Å². The second-order valence-corrected chi connectivity index (χ2v) is 6.37. The van der Waals surface area contributed by atoms with Gasteiger partial charge in [0.2, 0.25) is 5.88 Å². The molecule has 1 aliphatic rings. The van der Waals surface area contributed by atoms with Crippen molar-refractivity contribution in [3.05, 3.63) is 57.7 Å². The highest BCUT2D eigenvalue weighted by Crippen LogP contribution is 2.25. The maximum Gasteiger partial charge on any atom is 0.254 e. The van der Waals surface area contributed by atoms with Gasteiger partial charge in [0.1, 0.15) is 6.10 Å². The van der Waals surface area contributed by atoms with Gasteiger partial charge in [0.15, 0.2) is 0 Å². The zero-order chi connectivity index (χ0) is 15.5. The molecule has 0 N–H and O–H groups in total. The third-order valence-corrected chi connectivity index (χ3v) is 4.35. The summed E-state index contributed by atoms with van der Waals surface area (Å²) in [5.41, 5.74) is 0.604. The van der Waals surface area contributed by atoms with E-state index in [2.05, 4.69) is 20.9 Å². The number of aromatic nitrogens is 1. The highest BCUT2D eigenvalue weighted by atomic mass is 79.9. The van der Waals surface area contributed by atoms with Crippen molar-refractivity contribution in [3.63, 3.8) is 0 Å². The Morgan fingerprint density at radius 2 is 2.23 bits per heavy atom. The zero-order valence-electron chi connectivity index (χ0n) is 11.7. The molecular weight excluding hydrogens is 368 g/mol. The molecule has 0 saturated carbocycles. The Balaban J connectivity index is 1.65. The molecule has 3 rings (SSSR count). The van der Waals surface area contributed by atoms with Gasteiger partial charge in [-0.3, -0.25) is 4.79 Å². The lowest BCUT2D eigenvalue weighted by atomic mass is 10.2. The molecular formula is C16H14BrClN2O2. The summed E-state index contributed by atoms with van der Waals surface area (Å²) in [6, 6.07) is 10.7. The van der Waals surface area contributed by atoms with Crippen molar-refractivity contribution < 1.29 is 9.53 Å². The number of ether oxygens (including phenoxy) is 1. The lowest BCUT2D eigenvalue weighted by Crippen LogP contribution is -2.31. The van der Waals surface area contributed by atoms with Crippen LogP contribution in [0.15, 0.2) is 47.1 Å². The van der Waals surface area contributed by atoms with Crippen LogP contribution in [0.2, 0.25) is 5.02 Å². The molecule has 114 valence electrons. The van der Waals surface area contributed by atoms with Gasteiger partial charge in [-0.05, 0) is 46.3 Å². The Bertz CT molecular complexity index is 695. The van der Waals surface area contributed by atoms with Crippen molar-refractivity contribution in [2.45, 2.75) is 12.5 Å². The summed E-state index contributed by atoms with van der Waals surface area (Å²) < 4.78 is 6.68. The third kappa shape index (κ3) is 3.42. The number of hydrogen-bond donors (Lipinski definition) is 0. The number of amides is 1. The Kier molecular flexibility index (Phi) is 4.64. The number of benzene rings is 1. The van der Waals surface area contributed by atoms with Gasteiger partial charge in [-0.25, -0.2) is 4.98 Å². The van der Waals surface area contributed by atoms with E-state index in [0.29, 0.717) is 29.6 Å². The summed E-state index contributed by atoms with van der Waals surface area (Å²) in [6.07, 6.45) is 2.42. The molecule has 1 aliphatic heterocycles. The molecule has 1 aromatic carbocycles. The first-order valence-electron chi connectivity index (χ1n) is 6.95. The standard InChI is InChI=1S/C16H14BrClN2O2/c17-14-5-2-7-19-15(14)22-13-6-8-20(10-13)16(21)11-3-1-4-12(18)9-11/h1-5,7,9,13H,6,8,10H2/t13-/m0/s1. The van der Waals surface area contributed by atoms with Gasteiger partial charge >= 0.3 is 0 Å². The van der Waals surface area contributed by atoms with E-state index < -0.39 is 0 Å². The van der Waals surface area contributed by atoms with Crippen LogP contribution in [-0.2, 0) is 0 Å². The summed E-state index contributed by atoms with van der Waals surface area (Å²) in [5.74, 6) is 0.540. The first-order chi connectivity index (χ1) is 10.6. The fourth-order valence-corrected chi connectivity index (χ4v) is 2.97. The number of hydrogen-bond acceptors (Lipinski definition) is 3. The van der Waals surface area contributed by atoms with Gasteiger partial charge in [0, 0.05) is 29.7 Å². The number of halogens is 2. The zero-order valence-corrected chi connectivity index (χ0v) is 14.0. The molecule has 1 fully saturated rings. The van der Waals surface area contributed by atoms with Crippen LogP contribution in [0.4, 0.5) is 0 Å². The fourth-order valence-electron chi connectivity index (χ4n) is 2.43. The quantitative estimate of drug-likeness (QED) is 0.812. The average Bonchev–Trinajstić information content (AvgIpc) is 2.97. The molecule has 0 bridgehead atoms. The second kappa shape index (κ2) is 6.67. The predicted molar refractivity (Wildman–Crippen MR) is 88.3 cm³/mol. The minimum absolute atomic E-state index is 0.0197. The van der Waals surface area contributed by atoms with Gasteiger partial charge in [-0.2, -0.15) is 0 Å². The van der Waals surface area contributed by atoms with Crippen LogP contribution in [0, 0.1) is 0 Å². The maximum absolute atomic E-state index is 12.5. The molecule has 2 heterocycles. The van der Waals surface area contributed by atoms with E-state index in [1.54, 1.807) is 35.4 Å². The van der Waals surface area contributed by atoms with E-state index in [1.807, 2.05) is 12.1 Å². The molecule has 6 heteroatoms. The maximum atomic E-state index is 12.5. The van der Waals surface area contributed by atoms with Gasteiger partial charge < -0.3 is 9.64 Å². The Labute approximate surface area is 142 Å². The van der Waals surface area contributed by atoms with Crippen LogP contribution in [0.1, 0.15) is 16.8 Å². The van der Waals surface area contributed by atoms with Gasteiger partial charge in [-0.1, -0.05) is 17.7 Å². The highest BCUT2D eigenvalue weighted by Gasteiger charge is 2.29. The number of carbonyl (C=O) groups excluding carboxylic acids is 1. The molecule has 1 atom stereocenters. The summed E-state index contributed by atoms with van der Waals surface area (Å²) in [5, 5.41) is 0.565. The van der Waals surface area contributed by atoms with Crippen molar-refractivity contribution in [2.75, 3.05) is 13.1 Å². The van der Waals surface area contributed by atoms with Crippen molar-refractivity contribution in [1.82, 2.24) is 9.88 Å². The first-order valence-corrected chi connectivity index (χ1v) is 8.12. The van der Waals surface area contributed by atoms with Crippen LogP contribution >= 0.6 is 27.5 Å². The molecule has 4 nitrogen and oxygen atoms in total. The Hall–Kier alpha value is -1.59. The van der Waals surface area contributed by atoms with E-state index in [1.165, 1.54) is 0 Å². The van der Waals surface area contributed by atoms with Crippen LogP contribution in [0.5, 0.6) is 5.88 Å². The van der Waals surface area contributed by atoms with E-state index in [4.69, 9.17) is 16.3 Å². The normalized spacial score (nSPS) is 17.5. The smallest absolute Gasteiger partial charge is 0.254 e. The van der Waals surface area contributed by atoms with Crippen molar-refractivity contribution in [1.29, 1.82) is 0 Å². The van der Waals surface area contributed by atoms with Crippen LogP contribution < -0.4 is 4.74 Å². The van der Waals surface area contributed by atoms with Crippen LogP contribution in [-0.4, -0.2) is 35.0 Å². The summed E-state index contributed by atoms with van der Waals surface area (Å²) in [4.78, 5) is 18.4. The molecule has 22 heavy (non-hydrogen) atoms. The molecule has 1 aromatic heterocycles. The lowest BCUT2D eigenvalue weighted by Gasteiger charge is -2.17. The van der Waals surface area contributed by atoms with Gasteiger partial charge in [0.05, 0.1) is 11.0 Å². The third-order valence-electron chi connectivity index (χ3n) is 3.51. The van der Waals surface area contributed by atoms with E-state index in [-0.39, 0.29) is 12.0 Å². The molecule has 2 aromatic rings. The minimum Gasteiger partial charge on any atom is -0.472 e. The molecule has 1 saturated heterocycles. The largest absolute Gasteiger partial charge is 0.472 e. The summed E-state index contributed by atoms with van der Waals surface area (Å²) in [6.45, 7) is 1.22. The SMILES string of the molecule is O=C(c1cccc(Cl)c1)N1CC[C@H](Oc2ncccc2Br)C1. The number of nitrogens with zero attached hydrogens (tertiary/aromatic N) is 2. The number of pyridine rings is 1. The topological polar surface area (TPSA) is 42.4 Å². The van der Waals surface area contributed by atoms with E-state index in [0.717, 1.165) is 10.9 Å². The lowest BCUT2D eigenvalue weighted by molar-refractivity contribution is 0.0771. The molecule has 0 spiro atoms. The predicted octanol–water partition coefficient (Wildman–Crippen LogP) is 3.79. The fraction of sp³-hybridized carbons (Fsp3) is 0.250. The van der Waals surface area contributed by atoms with Crippen molar-refractivity contribution in [3.8, 4) is 5.88 Å². The average molecular weight is 382 g/mol. The Morgan fingerprint density at radius 3 is 3.00 bits per heavy atom. The number of carbonyl (C=O) groups is 1. The summed E-state index contributed by atoms with van der Waals surface area (Å²) in [7, 11) is 0. The van der Waals surface area contributed by atoms with Gasteiger partial charge in [0.25, 0.3) is 5.91 Å². The molecule has 0 unspecified atom stereocenters. The summed E-state index contributed by atoms with van der Waals surface area (Å²) >= 11 is 9.35. The Morgan fingerprint density at radius 1 is 1.36 bits per heavy atom. The van der Waals surface area contributed by atoms with Gasteiger partial charge in [-0.15, -0.1) is 0 Å². The van der Waals surface area contributed by atoms with Crippen molar-refractivity contribution in [2.24, 2.45) is 0 Å². The number of likely N-dealkylation sites (tertiary alicyclic amines) is 1. The number of rotatable bonds is 3. The molecule has 0 aliphatic carbocycles. The molecule has 1 amide bonds. The molecule has 0 radical (unpaired) electrons. The van der Waals surface area contributed by atoms with Crippen LogP contribution in [0.25, 0.3) is 0 Å². The van der Waals surface area contributed by atoms with Crippen molar-refractivity contribution >= 4 is 33.4 Å².